The third-order valence-electron chi connectivity index (χ3n) is 3.56. The molecule has 0 aliphatic heterocycles. The van der Waals surface area contributed by atoms with Crippen molar-refractivity contribution in [2.45, 2.75) is 91.9 Å². The van der Waals surface area contributed by atoms with Gasteiger partial charge in [0.05, 0.1) is 0 Å². The molecule has 0 aromatic heterocycles. The molecule has 0 bridgehead atoms. The Morgan fingerprint density at radius 3 is 1.69 bits per heavy atom. The van der Waals surface area contributed by atoms with Crippen LogP contribution >= 0.6 is 0 Å². The van der Waals surface area contributed by atoms with Gasteiger partial charge in [0.25, 0.3) is 0 Å². The first-order valence-electron chi connectivity index (χ1n) is 7.70. The van der Waals surface area contributed by atoms with Crippen LogP contribution < -0.4 is 0 Å². The van der Waals surface area contributed by atoms with Crippen LogP contribution in [-0.4, -0.2) is 0 Å². The van der Waals surface area contributed by atoms with Gasteiger partial charge in [0, 0.05) is 0 Å². The van der Waals surface area contributed by atoms with E-state index in [1.165, 1.54) is 64.2 Å². The van der Waals surface area contributed by atoms with Crippen LogP contribution in [0.1, 0.15) is 91.9 Å². The molecule has 0 spiro atoms. The second-order valence-corrected chi connectivity index (χ2v) is 5.83. The van der Waals surface area contributed by atoms with Gasteiger partial charge in [0.1, 0.15) is 0 Å². The van der Waals surface area contributed by atoms with Crippen molar-refractivity contribution in [2.75, 3.05) is 0 Å². The normalized spacial score (nSPS) is 13.3. The standard InChI is InChI=1S/C16H34/c1-5-7-8-13-16(11-6-2)14-10-9-12-15(3)4/h15-16H,5-14H2,1-4H3. The fraction of sp³-hybridized carbons (Fsp3) is 1.00. The quantitative estimate of drug-likeness (QED) is 0.368. The highest BCUT2D eigenvalue weighted by Gasteiger charge is 2.07. The topological polar surface area (TPSA) is 0 Å². The van der Waals surface area contributed by atoms with Crippen LogP contribution in [0.15, 0.2) is 0 Å². The van der Waals surface area contributed by atoms with E-state index in [2.05, 4.69) is 27.7 Å². The molecule has 0 amide bonds. The Balaban J connectivity index is 3.51. The monoisotopic (exact) mass is 226 g/mol. The summed E-state index contributed by atoms with van der Waals surface area (Å²) in [5, 5.41) is 0. The van der Waals surface area contributed by atoms with E-state index in [4.69, 9.17) is 0 Å². The molecule has 0 aromatic rings. The molecule has 0 saturated carbocycles. The zero-order valence-corrected chi connectivity index (χ0v) is 12.2. The first-order valence-corrected chi connectivity index (χ1v) is 7.70. The molecule has 0 rings (SSSR count). The number of unbranched alkanes of at least 4 members (excludes halogenated alkanes) is 3. The second-order valence-electron chi connectivity index (χ2n) is 5.83. The van der Waals surface area contributed by atoms with Gasteiger partial charge < -0.3 is 0 Å². The van der Waals surface area contributed by atoms with Gasteiger partial charge in [-0.15, -0.1) is 0 Å². The van der Waals surface area contributed by atoms with Gasteiger partial charge in [-0.3, -0.25) is 0 Å². The first kappa shape index (κ1) is 16.0. The van der Waals surface area contributed by atoms with Gasteiger partial charge in [-0.1, -0.05) is 91.9 Å². The Kier molecular flexibility index (Phi) is 11.5. The maximum Gasteiger partial charge on any atom is -0.0414 e. The van der Waals surface area contributed by atoms with Crippen LogP contribution in [-0.2, 0) is 0 Å². The molecule has 0 heterocycles. The molecule has 1 atom stereocenters. The predicted octanol–water partition coefficient (Wildman–Crippen LogP) is 6.20. The smallest absolute Gasteiger partial charge is 0.0414 e. The van der Waals surface area contributed by atoms with Gasteiger partial charge in [0.15, 0.2) is 0 Å². The van der Waals surface area contributed by atoms with Gasteiger partial charge in [0.2, 0.25) is 0 Å². The van der Waals surface area contributed by atoms with Crippen molar-refractivity contribution >= 4 is 0 Å². The third-order valence-corrected chi connectivity index (χ3v) is 3.56. The van der Waals surface area contributed by atoms with E-state index in [0.717, 1.165) is 11.8 Å². The molecule has 0 fully saturated rings. The Morgan fingerprint density at radius 1 is 0.625 bits per heavy atom. The molecular weight excluding hydrogens is 192 g/mol. The summed E-state index contributed by atoms with van der Waals surface area (Å²) < 4.78 is 0. The molecule has 0 heteroatoms. The van der Waals surface area contributed by atoms with Gasteiger partial charge in [-0.25, -0.2) is 0 Å². The second kappa shape index (κ2) is 11.5. The lowest BCUT2D eigenvalue weighted by Gasteiger charge is -2.16. The van der Waals surface area contributed by atoms with E-state index in [-0.39, 0.29) is 0 Å². The lowest BCUT2D eigenvalue weighted by atomic mass is 9.90. The van der Waals surface area contributed by atoms with Crippen LogP contribution in [0, 0.1) is 11.8 Å². The molecule has 0 radical (unpaired) electrons. The molecule has 0 aliphatic rings. The Bertz CT molecular complexity index is 126. The highest BCUT2D eigenvalue weighted by molar-refractivity contribution is 4.60. The van der Waals surface area contributed by atoms with Gasteiger partial charge >= 0.3 is 0 Å². The summed E-state index contributed by atoms with van der Waals surface area (Å²) in [7, 11) is 0. The van der Waals surface area contributed by atoms with Gasteiger partial charge in [-0.2, -0.15) is 0 Å². The van der Waals surface area contributed by atoms with Crippen molar-refractivity contribution in [3.8, 4) is 0 Å². The first-order chi connectivity index (χ1) is 7.70. The van der Waals surface area contributed by atoms with Crippen LogP contribution in [0.5, 0.6) is 0 Å². The minimum atomic E-state index is 0.893. The van der Waals surface area contributed by atoms with Crippen molar-refractivity contribution in [1.82, 2.24) is 0 Å². The fourth-order valence-electron chi connectivity index (χ4n) is 2.51. The van der Waals surface area contributed by atoms with Crippen molar-refractivity contribution in [1.29, 1.82) is 0 Å². The lowest BCUT2D eigenvalue weighted by molar-refractivity contribution is 0.375. The molecule has 0 nitrogen and oxygen atoms in total. The predicted molar refractivity (Wildman–Crippen MR) is 75.8 cm³/mol. The fourth-order valence-corrected chi connectivity index (χ4v) is 2.51. The average molecular weight is 226 g/mol. The number of rotatable bonds is 11. The highest BCUT2D eigenvalue weighted by atomic mass is 14.1. The van der Waals surface area contributed by atoms with E-state index in [0.29, 0.717) is 0 Å². The maximum atomic E-state index is 2.34. The Morgan fingerprint density at radius 2 is 1.19 bits per heavy atom. The average Bonchev–Trinajstić information content (AvgIpc) is 2.24. The maximum absolute atomic E-state index is 2.34. The van der Waals surface area contributed by atoms with Crippen molar-refractivity contribution < 1.29 is 0 Å². The van der Waals surface area contributed by atoms with Gasteiger partial charge in [-0.05, 0) is 11.8 Å². The molecular formula is C16H34. The molecule has 0 saturated heterocycles. The van der Waals surface area contributed by atoms with Crippen LogP contribution in [0.2, 0.25) is 0 Å². The summed E-state index contributed by atoms with van der Waals surface area (Å²) >= 11 is 0. The molecule has 98 valence electrons. The summed E-state index contributed by atoms with van der Waals surface area (Å²) in [6.45, 7) is 9.31. The molecule has 16 heavy (non-hydrogen) atoms. The number of hydrogen-bond acceptors (Lipinski definition) is 0. The Labute approximate surface area is 104 Å². The van der Waals surface area contributed by atoms with Crippen LogP contribution in [0.3, 0.4) is 0 Å². The lowest BCUT2D eigenvalue weighted by Crippen LogP contribution is -2.01. The minimum Gasteiger partial charge on any atom is -0.0654 e. The van der Waals surface area contributed by atoms with Crippen LogP contribution in [0.25, 0.3) is 0 Å². The summed E-state index contributed by atoms with van der Waals surface area (Å²) in [5.41, 5.74) is 0. The van der Waals surface area contributed by atoms with Crippen molar-refractivity contribution in [3.63, 3.8) is 0 Å². The summed E-state index contributed by atoms with van der Waals surface area (Å²) in [6.07, 6.45) is 14.4. The van der Waals surface area contributed by atoms with E-state index < -0.39 is 0 Å². The molecule has 0 N–H and O–H groups in total. The third kappa shape index (κ3) is 10.5. The van der Waals surface area contributed by atoms with Crippen molar-refractivity contribution in [3.05, 3.63) is 0 Å². The molecule has 0 aromatic carbocycles. The largest absolute Gasteiger partial charge is 0.0654 e. The van der Waals surface area contributed by atoms with E-state index in [1.54, 1.807) is 0 Å². The molecule has 1 unspecified atom stereocenters. The molecule has 0 aliphatic carbocycles. The summed E-state index contributed by atoms with van der Waals surface area (Å²) in [5.74, 6) is 1.92. The summed E-state index contributed by atoms with van der Waals surface area (Å²) in [4.78, 5) is 0. The SMILES string of the molecule is CCCCCC(CCC)CCCCC(C)C. The zero-order valence-electron chi connectivity index (χ0n) is 12.2. The summed E-state index contributed by atoms with van der Waals surface area (Å²) in [6, 6.07) is 0. The minimum absolute atomic E-state index is 0.893. The van der Waals surface area contributed by atoms with Crippen LogP contribution in [0.4, 0.5) is 0 Å². The number of hydrogen-bond donors (Lipinski definition) is 0. The Hall–Kier alpha value is 0. The highest BCUT2D eigenvalue weighted by Crippen LogP contribution is 2.22. The zero-order chi connectivity index (χ0) is 12.2. The van der Waals surface area contributed by atoms with Crippen molar-refractivity contribution in [2.24, 2.45) is 11.8 Å². The van der Waals surface area contributed by atoms with E-state index >= 15 is 0 Å². The van der Waals surface area contributed by atoms with E-state index in [9.17, 15) is 0 Å². The van der Waals surface area contributed by atoms with E-state index in [1.807, 2.05) is 0 Å².